The molecular formula is C23H23N5O. The first kappa shape index (κ1) is 17.7. The number of pyridine rings is 1. The molecule has 0 aliphatic carbocycles. The third-order valence-electron chi connectivity index (χ3n) is 5.85. The van der Waals surface area contributed by atoms with Gasteiger partial charge in [-0.25, -0.2) is 0 Å². The minimum atomic E-state index is 0.129. The predicted octanol–water partition coefficient (Wildman–Crippen LogP) is 3.98. The maximum absolute atomic E-state index is 12.9. The molecule has 1 aromatic carbocycles. The van der Waals surface area contributed by atoms with Crippen LogP contribution in [0.2, 0.25) is 0 Å². The first-order valence-electron chi connectivity index (χ1n) is 9.99. The number of hydrogen-bond acceptors (Lipinski definition) is 3. The number of aromatic nitrogens is 4. The SMILES string of the molecule is C[C@@H]1CC(Cn2ccc3cc(-c4cn[nH]c4)ncc32)CN1C(=O)c1ccccc1. The van der Waals surface area contributed by atoms with Crippen LogP contribution in [-0.2, 0) is 6.54 Å². The fourth-order valence-corrected chi connectivity index (χ4v) is 4.38. The van der Waals surface area contributed by atoms with Crippen molar-refractivity contribution in [3.05, 3.63) is 72.8 Å². The Morgan fingerprint density at radius 3 is 2.86 bits per heavy atom. The number of hydrogen-bond donors (Lipinski definition) is 1. The van der Waals surface area contributed by atoms with Crippen molar-refractivity contribution in [2.45, 2.75) is 25.9 Å². The average molecular weight is 385 g/mol. The van der Waals surface area contributed by atoms with Gasteiger partial charge in [-0.2, -0.15) is 5.10 Å². The average Bonchev–Trinajstić information content (AvgIpc) is 3.49. The van der Waals surface area contributed by atoms with Crippen LogP contribution in [0.1, 0.15) is 23.7 Å². The molecule has 1 unspecified atom stereocenters. The van der Waals surface area contributed by atoms with Gasteiger partial charge in [-0.05, 0) is 43.5 Å². The fraction of sp³-hybridized carbons (Fsp3) is 0.261. The van der Waals surface area contributed by atoms with Crippen LogP contribution in [0.15, 0.2) is 67.3 Å². The molecule has 1 amide bonds. The highest BCUT2D eigenvalue weighted by atomic mass is 16.2. The van der Waals surface area contributed by atoms with Crippen molar-refractivity contribution >= 4 is 16.8 Å². The van der Waals surface area contributed by atoms with Crippen molar-refractivity contribution in [1.29, 1.82) is 0 Å². The zero-order chi connectivity index (χ0) is 19.8. The van der Waals surface area contributed by atoms with Crippen LogP contribution in [0, 0.1) is 5.92 Å². The Labute approximate surface area is 169 Å². The predicted molar refractivity (Wildman–Crippen MR) is 112 cm³/mol. The minimum absolute atomic E-state index is 0.129. The lowest BCUT2D eigenvalue weighted by Gasteiger charge is -2.21. The van der Waals surface area contributed by atoms with Crippen LogP contribution in [0.3, 0.4) is 0 Å². The van der Waals surface area contributed by atoms with Crippen molar-refractivity contribution < 1.29 is 4.79 Å². The van der Waals surface area contributed by atoms with Crippen LogP contribution in [-0.4, -0.2) is 43.1 Å². The maximum Gasteiger partial charge on any atom is 0.254 e. The maximum atomic E-state index is 12.9. The number of likely N-dealkylation sites (tertiary alicyclic amines) is 1. The van der Waals surface area contributed by atoms with Crippen molar-refractivity contribution in [1.82, 2.24) is 24.6 Å². The summed E-state index contributed by atoms with van der Waals surface area (Å²) in [5.41, 5.74) is 3.79. The van der Waals surface area contributed by atoms with E-state index in [0.29, 0.717) is 5.92 Å². The number of fused-ring (bicyclic) bond motifs is 1. The van der Waals surface area contributed by atoms with Crippen LogP contribution in [0.5, 0.6) is 0 Å². The second-order valence-corrected chi connectivity index (χ2v) is 7.86. The lowest BCUT2D eigenvalue weighted by Crippen LogP contribution is -2.34. The van der Waals surface area contributed by atoms with E-state index in [9.17, 15) is 4.79 Å². The Balaban J connectivity index is 1.33. The van der Waals surface area contributed by atoms with Gasteiger partial charge in [-0.3, -0.25) is 14.9 Å². The molecule has 0 radical (unpaired) electrons. The molecule has 1 aliphatic rings. The highest BCUT2D eigenvalue weighted by molar-refractivity contribution is 5.94. The number of rotatable bonds is 4. The molecule has 6 heteroatoms. The molecule has 4 aromatic rings. The lowest BCUT2D eigenvalue weighted by molar-refractivity contribution is 0.0742. The standard InChI is InChI=1S/C23H23N5O/c1-16-9-17(15-28(16)23(29)18-5-3-2-4-6-18)14-27-8-7-19-10-21(24-13-22(19)27)20-11-25-26-12-20/h2-8,10-13,16-17H,9,14-15H2,1H3,(H,25,26)/t16-,17?/m1/s1. The summed E-state index contributed by atoms with van der Waals surface area (Å²) in [6, 6.07) is 14.0. The third-order valence-corrected chi connectivity index (χ3v) is 5.85. The Morgan fingerprint density at radius 1 is 1.21 bits per heavy atom. The van der Waals surface area contributed by atoms with E-state index in [2.05, 4.69) is 45.0 Å². The highest BCUT2D eigenvalue weighted by Crippen LogP contribution is 2.28. The molecule has 146 valence electrons. The van der Waals surface area contributed by atoms with E-state index >= 15 is 0 Å². The molecule has 1 N–H and O–H groups in total. The van der Waals surface area contributed by atoms with Crippen molar-refractivity contribution in [3.63, 3.8) is 0 Å². The van der Waals surface area contributed by atoms with Gasteiger partial charge in [0.1, 0.15) is 0 Å². The first-order valence-corrected chi connectivity index (χ1v) is 9.99. The van der Waals surface area contributed by atoms with Crippen molar-refractivity contribution in [3.8, 4) is 11.3 Å². The molecule has 1 aliphatic heterocycles. The van der Waals surface area contributed by atoms with Crippen LogP contribution < -0.4 is 0 Å². The van der Waals surface area contributed by atoms with Gasteiger partial charge in [-0.1, -0.05) is 18.2 Å². The van der Waals surface area contributed by atoms with Gasteiger partial charge in [0.15, 0.2) is 0 Å². The monoisotopic (exact) mass is 385 g/mol. The Bertz CT molecular complexity index is 1130. The number of benzene rings is 1. The van der Waals surface area contributed by atoms with Gasteiger partial charge >= 0.3 is 0 Å². The summed E-state index contributed by atoms with van der Waals surface area (Å²) in [6.45, 7) is 3.82. The van der Waals surface area contributed by atoms with E-state index in [0.717, 1.165) is 41.8 Å². The van der Waals surface area contributed by atoms with Crippen LogP contribution in [0.4, 0.5) is 0 Å². The number of carbonyl (C=O) groups excluding carboxylic acids is 1. The van der Waals surface area contributed by atoms with Crippen LogP contribution >= 0.6 is 0 Å². The topological polar surface area (TPSA) is 66.8 Å². The molecule has 4 heterocycles. The van der Waals surface area contributed by atoms with E-state index in [4.69, 9.17) is 0 Å². The number of aromatic amines is 1. The number of amides is 1. The summed E-state index contributed by atoms with van der Waals surface area (Å²) in [5, 5.41) is 8.00. The molecule has 1 saturated heterocycles. The fourth-order valence-electron chi connectivity index (χ4n) is 4.38. The largest absolute Gasteiger partial charge is 0.346 e. The molecule has 0 saturated carbocycles. The molecule has 3 aromatic heterocycles. The van der Waals surface area contributed by atoms with Crippen molar-refractivity contribution in [2.75, 3.05) is 6.54 Å². The van der Waals surface area contributed by atoms with Gasteiger partial charge in [-0.15, -0.1) is 0 Å². The molecule has 2 atom stereocenters. The van der Waals surface area contributed by atoms with Gasteiger partial charge < -0.3 is 9.47 Å². The summed E-state index contributed by atoms with van der Waals surface area (Å²) < 4.78 is 2.26. The molecule has 5 rings (SSSR count). The zero-order valence-corrected chi connectivity index (χ0v) is 16.3. The van der Waals surface area contributed by atoms with E-state index in [1.54, 1.807) is 6.20 Å². The summed E-state index contributed by atoms with van der Waals surface area (Å²) in [5.74, 6) is 0.561. The van der Waals surface area contributed by atoms with Gasteiger partial charge in [0.25, 0.3) is 5.91 Å². The Kier molecular flexibility index (Phi) is 4.39. The Hall–Kier alpha value is -3.41. The van der Waals surface area contributed by atoms with E-state index in [-0.39, 0.29) is 11.9 Å². The second-order valence-electron chi connectivity index (χ2n) is 7.86. The Morgan fingerprint density at radius 2 is 2.07 bits per heavy atom. The number of nitrogens with one attached hydrogen (secondary N) is 1. The third kappa shape index (κ3) is 3.31. The van der Waals surface area contributed by atoms with Crippen molar-refractivity contribution in [2.24, 2.45) is 5.92 Å². The highest BCUT2D eigenvalue weighted by Gasteiger charge is 2.33. The summed E-state index contributed by atoms with van der Waals surface area (Å²) in [7, 11) is 0. The van der Waals surface area contributed by atoms with E-state index in [1.165, 1.54) is 5.39 Å². The molecule has 1 fully saturated rings. The summed E-state index contributed by atoms with van der Waals surface area (Å²) >= 11 is 0. The van der Waals surface area contributed by atoms with E-state index in [1.807, 2.05) is 47.6 Å². The van der Waals surface area contributed by atoms with E-state index < -0.39 is 0 Å². The second kappa shape index (κ2) is 7.20. The smallest absolute Gasteiger partial charge is 0.254 e. The summed E-state index contributed by atoms with van der Waals surface area (Å²) in [4.78, 5) is 19.5. The van der Waals surface area contributed by atoms with Gasteiger partial charge in [0, 0.05) is 48.0 Å². The summed E-state index contributed by atoms with van der Waals surface area (Å²) in [6.07, 6.45) is 8.70. The first-order chi connectivity index (χ1) is 14.2. The molecule has 29 heavy (non-hydrogen) atoms. The molecule has 6 nitrogen and oxygen atoms in total. The number of H-pyrrole nitrogens is 1. The zero-order valence-electron chi connectivity index (χ0n) is 16.3. The lowest BCUT2D eigenvalue weighted by atomic mass is 10.1. The molecular weight excluding hydrogens is 362 g/mol. The quantitative estimate of drug-likeness (QED) is 0.578. The van der Waals surface area contributed by atoms with Gasteiger partial charge in [0.05, 0.1) is 23.6 Å². The number of carbonyl (C=O) groups is 1. The molecule has 0 bridgehead atoms. The van der Waals surface area contributed by atoms with Crippen LogP contribution in [0.25, 0.3) is 22.2 Å². The molecule has 0 spiro atoms. The normalized spacial score (nSPS) is 19.1. The van der Waals surface area contributed by atoms with Gasteiger partial charge in [0.2, 0.25) is 0 Å². The minimum Gasteiger partial charge on any atom is -0.346 e. The number of nitrogens with zero attached hydrogens (tertiary/aromatic N) is 4.